The van der Waals surface area contributed by atoms with Gasteiger partial charge in [0.05, 0.1) is 35.9 Å². The first-order chi connectivity index (χ1) is 21.6. The van der Waals surface area contributed by atoms with E-state index in [2.05, 4.69) is 0 Å². The standard InChI is InChI=1S/C34H40O11S.3Ac/c1-18-11-13-21(14-12-18)44-46(41)45-23-15-24-33(39,17-42-24)27-29(43-30(38)20-9-7-6-8-10-20)34(40)16-22(35)19(2)25(31(34,3)4)26(36)28(37)32(23,27)5;;;/h6-14,22-24,26-27,29,35-36,39-40H,15-17H2,1-5H3;;;/t22?,23?,24?,26?,27?,29?,32-,33?,34?,46?;;;/m1.../s1. The minimum Gasteiger partial charge on any atom is -0.455 e. The molecule has 6 rings (SSSR count). The van der Waals surface area contributed by atoms with E-state index in [4.69, 9.17) is 17.8 Å². The maximum absolute atomic E-state index is 14.7. The Morgan fingerprint density at radius 2 is 1.57 bits per heavy atom. The number of esters is 1. The Kier molecular flexibility index (Phi) is 15.2. The molecular formula is C34H40Ac3O11S. The van der Waals surface area contributed by atoms with Crippen molar-refractivity contribution in [3.05, 3.63) is 76.9 Å². The molecule has 3 aliphatic carbocycles. The van der Waals surface area contributed by atoms with Crippen LogP contribution in [0.1, 0.15) is 56.5 Å². The second-order valence-electron chi connectivity index (χ2n) is 13.8. The molecule has 3 fully saturated rings. The smallest absolute Gasteiger partial charge is 0.360 e. The number of fused-ring (bicyclic) bond motifs is 5. The maximum Gasteiger partial charge on any atom is 0.360 e. The van der Waals surface area contributed by atoms with Gasteiger partial charge in [-0.2, -0.15) is 4.21 Å². The quantitative estimate of drug-likeness (QED) is 0.248. The van der Waals surface area contributed by atoms with Gasteiger partial charge in [0, 0.05) is 156 Å². The largest absolute Gasteiger partial charge is 0.455 e. The zero-order valence-electron chi connectivity index (χ0n) is 28.1. The Balaban J connectivity index is 0.00000217. The summed E-state index contributed by atoms with van der Waals surface area (Å²) >= 11 is -2.46. The van der Waals surface area contributed by atoms with Gasteiger partial charge in [-0.15, -0.1) is 0 Å². The van der Waals surface area contributed by atoms with E-state index < -0.39 is 81.6 Å². The predicted molar refractivity (Wildman–Crippen MR) is 164 cm³/mol. The number of ketones is 1. The molecule has 2 aromatic rings. The van der Waals surface area contributed by atoms with Crippen LogP contribution in [0.15, 0.2) is 65.7 Å². The molecule has 10 atom stereocenters. The molecule has 9 unspecified atom stereocenters. The summed E-state index contributed by atoms with van der Waals surface area (Å²) < 4.78 is 36.7. The SMILES string of the molecule is CC1=C2C(O)C(=O)[C@]3(C)C(OS(=O)Oc4ccc(C)cc4)CC4OCC4(O)C3C(OC(=O)c3ccccc3)C(O)(CC1O)C2(C)C.[Ac].[Ac].[Ac]. The van der Waals surface area contributed by atoms with Gasteiger partial charge in [0.25, 0.3) is 0 Å². The second-order valence-corrected chi connectivity index (χ2v) is 14.6. The number of ether oxygens (including phenoxy) is 2. The van der Waals surface area contributed by atoms with Crippen LogP contribution in [0.4, 0.5) is 0 Å². The third-order valence-corrected chi connectivity index (χ3v) is 11.7. The van der Waals surface area contributed by atoms with Gasteiger partial charge in [-0.05, 0) is 56.2 Å². The summed E-state index contributed by atoms with van der Waals surface area (Å²) in [6, 6.07) is 14.8. The molecule has 2 saturated carbocycles. The fourth-order valence-corrected chi connectivity index (χ4v) is 8.95. The number of rotatable bonds is 6. The van der Waals surface area contributed by atoms with Gasteiger partial charge in [0.15, 0.2) is 5.78 Å². The molecule has 0 spiro atoms. The number of benzene rings is 2. The van der Waals surface area contributed by atoms with Crippen molar-refractivity contribution < 1.29 is 184 Å². The van der Waals surface area contributed by atoms with Gasteiger partial charge < -0.3 is 34.1 Å². The molecule has 2 aromatic carbocycles. The molecule has 0 amide bonds. The van der Waals surface area contributed by atoms with Crippen LogP contribution in [0.5, 0.6) is 5.75 Å². The zero-order valence-corrected chi connectivity index (χ0v) is 43.1. The number of carbonyl (C=O) groups is 2. The van der Waals surface area contributed by atoms with E-state index in [9.17, 15) is 34.2 Å². The van der Waals surface area contributed by atoms with Crippen LogP contribution in [0.3, 0.4) is 0 Å². The van der Waals surface area contributed by atoms with Gasteiger partial charge in [-0.25, -0.2) is 4.79 Å². The molecule has 1 heterocycles. The number of Topliss-reactive ketones (excluding diaryl/α,β-unsaturated/α-hetero) is 1. The summed E-state index contributed by atoms with van der Waals surface area (Å²) in [6.07, 6.45) is -7.50. The minimum absolute atomic E-state index is 0. The van der Waals surface area contributed by atoms with Gasteiger partial charge >= 0.3 is 17.3 Å². The number of carbonyl (C=O) groups excluding carboxylic acids is 2. The summed E-state index contributed by atoms with van der Waals surface area (Å²) in [4.78, 5) is 28.5. The number of hydrogen-bond acceptors (Lipinski definition) is 11. The van der Waals surface area contributed by atoms with Crippen molar-refractivity contribution in [2.75, 3.05) is 6.61 Å². The molecule has 257 valence electrons. The first-order valence-corrected chi connectivity index (χ1v) is 16.3. The van der Waals surface area contributed by atoms with E-state index in [1.165, 1.54) is 19.1 Å². The van der Waals surface area contributed by atoms with E-state index in [0.717, 1.165) is 5.56 Å². The molecule has 4 aliphatic rings. The molecular weight excluding hydrogens is 1300 g/mol. The molecule has 11 nitrogen and oxygen atoms in total. The van der Waals surface area contributed by atoms with Gasteiger partial charge in [-0.3, -0.25) is 8.98 Å². The topological polar surface area (TPSA) is 169 Å². The van der Waals surface area contributed by atoms with Gasteiger partial charge in [0.2, 0.25) is 0 Å². The summed E-state index contributed by atoms with van der Waals surface area (Å²) in [7, 11) is 0. The molecule has 1 aliphatic heterocycles. The molecule has 2 bridgehead atoms. The predicted octanol–water partition coefficient (Wildman–Crippen LogP) is 2.50. The van der Waals surface area contributed by atoms with Crippen LogP contribution < -0.4 is 4.18 Å². The Morgan fingerprint density at radius 3 is 2.14 bits per heavy atom. The number of aryl methyl sites for hydroxylation is 1. The van der Waals surface area contributed by atoms with Crippen LogP contribution in [-0.4, -0.2) is 84.7 Å². The van der Waals surface area contributed by atoms with Crippen molar-refractivity contribution >= 4 is 23.1 Å². The third-order valence-electron chi connectivity index (χ3n) is 11.0. The van der Waals surface area contributed by atoms with Crippen LogP contribution in [0.2, 0.25) is 0 Å². The van der Waals surface area contributed by atoms with E-state index in [-0.39, 0.29) is 169 Å². The number of aliphatic hydroxyl groups is 4. The van der Waals surface area contributed by atoms with Crippen LogP contribution in [-0.2, 0) is 29.8 Å². The van der Waals surface area contributed by atoms with E-state index in [0.29, 0.717) is 5.57 Å². The third kappa shape index (κ3) is 7.52. The molecule has 1 saturated heterocycles. The van der Waals surface area contributed by atoms with Crippen molar-refractivity contribution in [1.82, 2.24) is 0 Å². The van der Waals surface area contributed by atoms with Crippen molar-refractivity contribution in [2.45, 2.75) is 89.2 Å². The molecule has 15 heteroatoms. The zero-order chi connectivity index (χ0) is 33.4. The average molecular weight is 1340 g/mol. The normalized spacial score (nSPS) is 36.4. The summed E-state index contributed by atoms with van der Waals surface area (Å²) in [6.45, 7) is 7.87. The molecule has 49 heavy (non-hydrogen) atoms. The van der Waals surface area contributed by atoms with Crippen LogP contribution in [0, 0.1) is 156 Å². The Labute approximate surface area is 396 Å². The molecule has 3 radical (unpaired) electrons. The summed E-state index contributed by atoms with van der Waals surface area (Å²) in [5, 5.41) is 48.1. The monoisotopic (exact) mass is 1340 g/mol. The van der Waals surface area contributed by atoms with E-state index in [1.807, 2.05) is 6.92 Å². The molecule has 0 aromatic heterocycles. The first kappa shape index (κ1) is 44.7. The van der Waals surface area contributed by atoms with Crippen LogP contribution >= 0.6 is 0 Å². The average Bonchev–Trinajstić information content (AvgIpc) is 3.00. The Morgan fingerprint density at radius 1 is 0.959 bits per heavy atom. The minimum atomic E-state index is -2.46. The molecule has 4 N–H and O–H groups in total. The van der Waals surface area contributed by atoms with Crippen LogP contribution in [0.25, 0.3) is 0 Å². The van der Waals surface area contributed by atoms with E-state index in [1.54, 1.807) is 63.2 Å². The number of aliphatic hydroxyl groups excluding tert-OH is 2. The maximum atomic E-state index is 14.7. The van der Waals surface area contributed by atoms with Crippen molar-refractivity contribution in [1.29, 1.82) is 0 Å². The fraction of sp³-hybridized carbons (Fsp3) is 0.529. The van der Waals surface area contributed by atoms with Crippen molar-refractivity contribution in [3.63, 3.8) is 0 Å². The van der Waals surface area contributed by atoms with Gasteiger partial charge in [-0.1, -0.05) is 49.7 Å². The first-order valence-electron chi connectivity index (χ1n) is 15.3. The summed E-state index contributed by atoms with van der Waals surface area (Å²) in [5.41, 5.74) is -5.81. The fourth-order valence-electron chi connectivity index (χ4n) is 8.17. The van der Waals surface area contributed by atoms with Crippen molar-refractivity contribution in [2.24, 2.45) is 16.7 Å². The Hall–Kier alpha value is 1.35. The van der Waals surface area contributed by atoms with E-state index >= 15 is 0 Å². The van der Waals surface area contributed by atoms with Crippen molar-refractivity contribution in [3.8, 4) is 5.75 Å². The second kappa shape index (κ2) is 16.6. The Bertz CT molecular complexity index is 1610. The number of hydrogen-bond donors (Lipinski definition) is 4. The van der Waals surface area contributed by atoms with Gasteiger partial charge in [0.1, 0.15) is 29.2 Å². The summed E-state index contributed by atoms with van der Waals surface area (Å²) in [5.74, 6) is -2.84.